The van der Waals surface area contributed by atoms with E-state index in [1.807, 2.05) is 52.0 Å². The molecule has 1 fully saturated rings. The third-order valence-electron chi connectivity index (χ3n) is 4.69. The number of aryl methyl sites for hydroxylation is 1. The molecule has 1 saturated heterocycles. The van der Waals surface area contributed by atoms with Crippen LogP contribution >= 0.6 is 0 Å². The second-order valence-corrected chi connectivity index (χ2v) is 10.5. The van der Waals surface area contributed by atoms with Crippen LogP contribution in [0.5, 0.6) is 0 Å². The summed E-state index contributed by atoms with van der Waals surface area (Å²) in [6.07, 6.45) is 1.27. The monoisotopic (exact) mass is 396 g/mol. The van der Waals surface area contributed by atoms with Crippen LogP contribution < -0.4 is 0 Å². The molecule has 1 heterocycles. The van der Waals surface area contributed by atoms with Crippen LogP contribution in [0.3, 0.4) is 0 Å². The average Bonchev–Trinajstić information content (AvgIpc) is 2.53. The predicted molar refractivity (Wildman–Crippen MR) is 107 cm³/mol. The Morgan fingerprint density at radius 1 is 1.26 bits per heavy atom. The van der Waals surface area contributed by atoms with E-state index in [1.165, 1.54) is 4.31 Å². The predicted octanol–water partition coefficient (Wildman–Crippen LogP) is 3.40. The summed E-state index contributed by atoms with van der Waals surface area (Å²) in [6.45, 7) is 9.20. The number of carbonyl (C=O) groups is 1. The summed E-state index contributed by atoms with van der Waals surface area (Å²) in [6, 6.07) is 7.59. The van der Waals surface area contributed by atoms with Crippen molar-refractivity contribution in [2.24, 2.45) is 5.92 Å². The highest BCUT2D eigenvalue weighted by molar-refractivity contribution is 7.88. The van der Waals surface area contributed by atoms with Crippen molar-refractivity contribution in [2.75, 3.05) is 26.7 Å². The number of piperidine rings is 1. The van der Waals surface area contributed by atoms with E-state index in [0.29, 0.717) is 19.6 Å². The molecule has 1 amide bonds. The van der Waals surface area contributed by atoms with Crippen molar-refractivity contribution in [1.29, 1.82) is 0 Å². The maximum Gasteiger partial charge on any atom is 0.410 e. The van der Waals surface area contributed by atoms with Crippen molar-refractivity contribution < 1.29 is 17.9 Å². The van der Waals surface area contributed by atoms with Crippen molar-refractivity contribution in [3.63, 3.8) is 0 Å². The first-order valence-electron chi connectivity index (χ1n) is 9.44. The van der Waals surface area contributed by atoms with Crippen LogP contribution in [0.15, 0.2) is 24.3 Å². The van der Waals surface area contributed by atoms with Crippen LogP contribution in [0.4, 0.5) is 4.79 Å². The van der Waals surface area contributed by atoms with Crippen LogP contribution in [0.2, 0.25) is 0 Å². The Kier molecular flexibility index (Phi) is 6.92. The lowest BCUT2D eigenvalue weighted by Crippen LogP contribution is -2.44. The summed E-state index contributed by atoms with van der Waals surface area (Å²) in [5, 5.41) is 0. The van der Waals surface area contributed by atoms with E-state index in [9.17, 15) is 13.2 Å². The zero-order valence-corrected chi connectivity index (χ0v) is 17.9. The van der Waals surface area contributed by atoms with Gasteiger partial charge in [-0.25, -0.2) is 17.5 Å². The summed E-state index contributed by atoms with van der Waals surface area (Å²) in [7, 11) is -1.71. The first-order chi connectivity index (χ1) is 12.5. The van der Waals surface area contributed by atoms with Crippen molar-refractivity contribution in [2.45, 2.75) is 51.9 Å². The molecule has 6 nitrogen and oxygen atoms in total. The highest BCUT2D eigenvalue weighted by atomic mass is 32.2. The van der Waals surface area contributed by atoms with Gasteiger partial charge in [-0.05, 0) is 52.0 Å². The Labute approximate surface area is 163 Å². The Balaban J connectivity index is 1.86. The third kappa shape index (κ3) is 6.81. The maximum absolute atomic E-state index is 12.7. The van der Waals surface area contributed by atoms with Crippen molar-refractivity contribution >= 4 is 16.1 Å². The number of likely N-dealkylation sites (tertiary alicyclic amines) is 1. The van der Waals surface area contributed by atoms with Crippen LogP contribution in [-0.4, -0.2) is 56.0 Å². The number of hydrogen-bond donors (Lipinski definition) is 0. The Morgan fingerprint density at radius 2 is 1.89 bits per heavy atom. The molecule has 27 heavy (non-hydrogen) atoms. The third-order valence-corrected chi connectivity index (χ3v) is 6.48. The molecule has 1 aromatic carbocycles. The molecule has 0 aromatic heterocycles. The largest absolute Gasteiger partial charge is 0.444 e. The molecular formula is C20H32N2O4S. The molecule has 0 N–H and O–H groups in total. The molecule has 0 spiro atoms. The smallest absolute Gasteiger partial charge is 0.410 e. The summed E-state index contributed by atoms with van der Waals surface area (Å²) in [5.41, 5.74) is 1.36. The molecule has 1 aromatic rings. The first kappa shape index (κ1) is 21.7. The van der Waals surface area contributed by atoms with Gasteiger partial charge in [0.1, 0.15) is 5.60 Å². The number of sulfonamides is 1. The summed E-state index contributed by atoms with van der Waals surface area (Å²) in [5.74, 6) is 0.267. The molecule has 0 atom stereocenters. The Bertz CT molecular complexity index is 747. The van der Waals surface area contributed by atoms with Gasteiger partial charge in [0, 0.05) is 26.7 Å². The standard InChI is InChI=1S/C20H32N2O4S/c1-16-7-6-8-18(13-16)15-27(24,25)21(5)14-17-9-11-22(12-10-17)19(23)26-20(2,3)4/h6-8,13,17H,9-12,14-15H2,1-5H3. The van der Waals surface area contributed by atoms with E-state index in [-0.39, 0.29) is 17.8 Å². The molecule has 0 radical (unpaired) electrons. The van der Waals surface area contributed by atoms with Gasteiger partial charge >= 0.3 is 6.09 Å². The van der Waals surface area contributed by atoms with E-state index >= 15 is 0 Å². The Morgan fingerprint density at radius 3 is 2.44 bits per heavy atom. The van der Waals surface area contributed by atoms with Crippen molar-refractivity contribution in [3.8, 4) is 0 Å². The molecule has 2 rings (SSSR count). The van der Waals surface area contributed by atoms with E-state index in [0.717, 1.165) is 24.0 Å². The van der Waals surface area contributed by atoms with Crippen LogP contribution in [-0.2, 0) is 20.5 Å². The average molecular weight is 397 g/mol. The van der Waals surface area contributed by atoms with Gasteiger partial charge in [-0.1, -0.05) is 29.8 Å². The van der Waals surface area contributed by atoms with Crippen LogP contribution in [0.25, 0.3) is 0 Å². The molecule has 0 saturated carbocycles. The molecule has 0 bridgehead atoms. The molecule has 7 heteroatoms. The minimum atomic E-state index is -3.36. The lowest BCUT2D eigenvalue weighted by Gasteiger charge is -2.34. The highest BCUT2D eigenvalue weighted by Crippen LogP contribution is 2.22. The highest BCUT2D eigenvalue weighted by Gasteiger charge is 2.29. The lowest BCUT2D eigenvalue weighted by atomic mass is 9.97. The first-order valence-corrected chi connectivity index (χ1v) is 11.0. The van der Waals surface area contributed by atoms with Crippen LogP contribution in [0.1, 0.15) is 44.7 Å². The molecule has 0 unspecified atom stereocenters. The minimum Gasteiger partial charge on any atom is -0.444 e. The van der Waals surface area contributed by atoms with E-state index in [2.05, 4.69) is 0 Å². The molecule has 0 aliphatic carbocycles. The summed E-state index contributed by atoms with van der Waals surface area (Å²) in [4.78, 5) is 13.8. The fourth-order valence-corrected chi connectivity index (χ4v) is 4.48. The second kappa shape index (κ2) is 8.61. The van der Waals surface area contributed by atoms with Gasteiger partial charge in [-0.2, -0.15) is 0 Å². The zero-order valence-electron chi connectivity index (χ0n) is 17.1. The fourth-order valence-electron chi connectivity index (χ4n) is 3.22. The quantitative estimate of drug-likeness (QED) is 0.765. The topological polar surface area (TPSA) is 66.9 Å². The van der Waals surface area contributed by atoms with Gasteiger partial charge in [0.25, 0.3) is 0 Å². The van der Waals surface area contributed by atoms with Gasteiger partial charge in [0.2, 0.25) is 10.0 Å². The molecular weight excluding hydrogens is 364 g/mol. The number of ether oxygens (including phenoxy) is 1. The molecule has 152 valence electrons. The van der Waals surface area contributed by atoms with Gasteiger partial charge in [0.15, 0.2) is 0 Å². The van der Waals surface area contributed by atoms with Crippen molar-refractivity contribution in [3.05, 3.63) is 35.4 Å². The fraction of sp³-hybridized carbons (Fsp3) is 0.650. The van der Waals surface area contributed by atoms with E-state index in [1.54, 1.807) is 11.9 Å². The maximum atomic E-state index is 12.7. The number of benzene rings is 1. The Hall–Kier alpha value is -1.60. The summed E-state index contributed by atoms with van der Waals surface area (Å²) >= 11 is 0. The number of nitrogens with zero attached hydrogens (tertiary/aromatic N) is 2. The van der Waals surface area contributed by atoms with Gasteiger partial charge in [-0.15, -0.1) is 0 Å². The van der Waals surface area contributed by atoms with Gasteiger partial charge < -0.3 is 9.64 Å². The van der Waals surface area contributed by atoms with E-state index < -0.39 is 15.6 Å². The van der Waals surface area contributed by atoms with E-state index in [4.69, 9.17) is 4.74 Å². The zero-order chi connectivity index (χ0) is 20.2. The summed E-state index contributed by atoms with van der Waals surface area (Å²) < 4.78 is 32.2. The minimum absolute atomic E-state index is 0.0158. The lowest BCUT2D eigenvalue weighted by molar-refractivity contribution is 0.0179. The molecule has 1 aliphatic heterocycles. The van der Waals surface area contributed by atoms with Crippen molar-refractivity contribution in [1.82, 2.24) is 9.21 Å². The number of amides is 1. The SMILES string of the molecule is Cc1cccc(CS(=O)(=O)N(C)CC2CCN(C(=O)OC(C)(C)C)CC2)c1. The van der Waals surface area contributed by atoms with Gasteiger partial charge in [-0.3, -0.25) is 0 Å². The number of carbonyl (C=O) groups excluding carboxylic acids is 1. The number of rotatable bonds is 5. The van der Waals surface area contributed by atoms with Gasteiger partial charge in [0.05, 0.1) is 5.75 Å². The molecule has 1 aliphatic rings. The number of hydrogen-bond acceptors (Lipinski definition) is 4. The second-order valence-electron chi connectivity index (χ2n) is 8.44. The van der Waals surface area contributed by atoms with Crippen LogP contribution in [0, 0.1) is 12.8 Å². The normalized spacial score (nSPS) is 16.6.